The minimum absolute atomic E-state index is 0.0282. The van der Waals surface area contributed by atoms with Crippen LogP contribution in [0.2, 0.25) is 0 Å². The molecule has 1 fully saturated rings. The average Bonchev–Trinajstić information content (AvgIpc) is 3.34. The number of amidine groups is 1. The van der Waals surface area contributed by atoms with Crippen molar-refractivity contribution in [2.24, 2.45) is 17.4 Å². The third-order valence-electron chi connectivity index (χ3n) is 6.57. The number of likely N-dealkylation sites (tertiary alicyclic amines) is 1. The lowest BCUT2D eigenvalue weighted by Crippen LogP contribution is -2.46. The second-order valence-electron chi connectivity index (χ2n) is 9.73. The van der Waals surface area contributed by atoms with Crippen LogP contribution >= 0.6 is 0 Å². The molecule has 0 aromatic heterocycles. The average molecular weight is 555 g/mol. The number of aliphatic hydroxyl groups is 1. The van der Waals surface area contributed by atoms with Gasteiger partial charge in [-0.25, -0.2) is 0 Å². The van der Waals surface area contributed by atoms with E-state index in [0.717, 1.165) is 0 Å². The van der Waals surface area contributed by atoms with Gasteiger partial charge >= 0.3 is 0 Å². The van der Waals surface area contributed by atoms with E-state index in [0.29, 0.717) is 45.1 Å². The van der Waals surface area contributed by atoms with Gasteiger partial charge < -0.3 is 36.8 Å². The van der Waals surface area contributed by atoms with Gasteiger partial charge in [0.05, 0.1) is 36.5 Å². The normalized spacial score (nSPS) is 17.8. The molecule has 1 aliphatic rings. The molecule has 8 N–H and O–H groups in total. The quantitative estimate of drug-likeness (QED) is 0.0485. The lowest BCUT2D eigenvalue weighted by Gasteiger charge is -2.29. The van der Waals surface area contributed by atoms with Crippen LogP contribution in [-0.4, -0.2) is 89.1 Å². The first kappa shape index (κ1) is 33.6. The molecule has 1 heterocycles. The molecule has 220 valence electrons. The first-order chi connectivity index (χ1) is 18.4. The highest BCUT2D eigenvalue weighted by Crippen LogP contribution is 2.23. The SMILES string of the molecule is CC(NC(=O)CCC(=O)C(CCCCC(=N)N)NC(=O)CN)C(=O)CC(C(=O)N1CCCC1OC=O)C(C)O. The molecule has 5 unspecified atom stereocenters. The highest BCUT2D eigenvalue weighted by Gasteiger charge is 2.37. The number of rotatable bonds is 19. The van der Waals surface area contributed by atoms with Crippen LogP contribution in [0.25, 0.3) is 0 Å². The van der Waals surface area contributed by atoms with Crippen molar-refractivity contribution in [1.82, 2.24) is 15.5 Å². The van der Waals surface area contributed by atoms with Crippen molar-refractivity contribution in [1.29, 1.82) is 5.41 Å². The standard InChI is InChI=1S/C25H42N6O8/c1-15(20(35)12-17(16(2)33)25(38)31-11-5-8-24(31)39-14-32)29-22(36)10-9-19(34)18(30-23(37)13-26)6-3-4-7-21(27)28/h14-18,24,33H,3-13,26H2,1-2H3,(H3,27,28)(H,29,36)(H,30,37). The molecule has 0 radical (unpaired) electrons. The summed E-state index contributed by atoms with van der Waals surface area (Å²) in [5, 5.41) is 22.5. The molecule has 0 spiro atoms. The van der Waals surface area contributed by atoms with Crippen molar-refractivity contribution in [3.8, 4) is 0 Å². The van der Waals surface area contributed by atoms with Crippen LogP contribution in [-0.2, 0) is 33.5 Å². The monoisotopic (exact) mass is 554 g/mol. The number of ether oxygens (including phenoxy) is 1. The van der Waals surface area contributed by atoms with Crippen molar-refractivity contribution >= 4 is 41.6 Å². The summed E-state index contributed by atoms with van der Waals surface area (Å²) in [6.07, 6.45) is 0.199. The molecule has 0 aromatic rings. The number of carbonyl (C=O) groups excluding carboxylic acids is 6. The van der Waals surface area contributed by atoms with Crippen LogP contribution in [0.1, 0.15) is 71.6 Å². The molecule has 0 saturated carbocycles. The first-order valence-electron chi connectivity index (χ1n) is 13.2. The van der Waals surface area contributed by atoms with Crippen molar-refractivity contribution in [2.75, 3.05) is 13.1 Å². The van der Waals surface area contributed by atoms with E-state index in [-0.39, 0.29) is 43.9 Å². The first-order valence-corrected chi connectivity index (χ1v) is 13.2. The molecule has 3 amide bonds. The van der Waals surface area contributed by atoms with E-state index < -0.39 is 53.8 Å². The van der Waals surface area contributed by atoms with Gasteiger partial charge in [-0.1, -0.05) is 6.42 Å². The van der Waals surface area contributed by atoms with E-state index in [2.05, 4.69) is 10.6 Å². The largest absolute Gasteiger partial charge is 0.444 e. The Morgan fingerprint density at radius 2 is 1.77 bits per heavy atom. The molecular weight excluding hydrogens is 512 g/mol. The highest BCUT2D eigenvalue weighted by atomic mass is 16.5. The topological polar surface area (TPSA) is 235 Å². The molecule has 39 heavy (non-hydrogen) atoms. The number of hydrogen-bond acceptors (Lipinski definition) is 10. The Labute approximate surface area is 228 Å². The summed E-state index contributed by atoms with van der Waals surface area (Å²) in [5.41, 5.74) is 10.7. The summed E-state index contributed by atoms with van der Waals surface area (Å²) in [6.45, 7) is 3.12. The van der Waals surface area contributed by atoms with Crippen molar-refractivity contribution in [3.63, 3.8) is 0 Å². The number of ketones is 2. The number of nitrogens with one attached hydrogen (secondary N) is 3. The Hall–Kier alpha value is -3.39. The number of carbonyl (C=O) groups is 6. The maximum Gasteiger partial charge on any atom is 0.295 e. The fourth-order valence-electron chi connectivity index (χ4n) is 4.30. The predicted octanol–water partition coefficient (Wildman–Crippen LogP) is -1.14. The number of unbranched alkanes of at least 4 members (excludes halogenated alkanes) is 1. The molecule has 14 heteroatoms. The summed E-state index contributed by atoms with van der Waals surface area (Å²) in [7, 11) is 0. The van der Waals surface area contributed by atoms with Crippen LogP contribution in [0.5, 0.6) is 0 Å². The van der Waals surface area contributed by atoms with E-state index in [4.69, 9.17) is 21.6 Å². The van der Waals surface area contributed by atoms with E-state index in [1.807, 2.05) is 0 Å². The lowest BCUT2D eigenvalue weighted by molar-refractivity contribution is -0.156. The lowest BCUT2D eigenvalue weighted by atomic mass is 9.93. The fourth-order valence-corrected chi connectivity index (χ4v) is 4.30. The zero-order chi connectivity index (χ0) is 29.5. The van der Waals surface area contributed by atoms with Crippen LogP contribution in [0.3, 0.4) is 0 Å². The van der Waals surface area contributed by atoms with Gasteiger partial charge in [0.25, 0.3) is 6.47 Å². The Morgan fingerprint density at radius 3 is 2.36 bits per heavy atom. The van der Waals surface area contributed by atoms with Crippen LogP contribution in [0.15, 0.2) is 0 Å². The fraction of sp³-hybridized carbons (Fsp3) is 0.720. The summed E-state index contributed by atoms with van der Waals surface area (Å²) in [5.74, 6) is -3.50. The minimum atomic E-state index is -1.16. The van der Waals surface area contributed by atoms with Gasteiger partial charge in [0.2, 0.25) is 17.7 Å². The molecule has 0 bridgehead atoms. The summed E-state index contributed by atoms with van der Waals surface area (Å²) >= 11 is 0. The number of aliphatic hydroxyl groups excluding tert-OH is 1. The Kier molecular flexibility index (Phi) is 14.9. The molecule has 0 aromatic carbocycles. The second-order valence-corrected chi connectivity index (χ2v) is 9.73. The maximum absolute atomic E-state index is 13.0. The van der Waals surface area contributed by atoms with Crippen LogP contribution in [0, 0.1) is 11.3 Å². The van der Waals surface area contributed by atoms with Gasteiger partial charge in [-0.05, 0) is 33.1 Å². The van der Waals surface area contributed by atoms with Gasteiger partial charge in [-0.3, -0.25) is 34.2 Å². The van der Waals surface area contributed by atoms with E-state index in [9.17, 15) is 33.9 Å². The smallest absolute Gasteiger partial charge is 0.295 e. The van der Waals surface area contributed by atoms with Crippen molar-refractivity contribution in [2.45, 2.75) is 96.1 Å². The van der Waals surface area contributed by atoms with Crippen molar-refractivity contribution in [3.05, 3.63) is 0 Å². The van der Waals surface area contributed by atoms with Gasteiger partial charge in [-0.15, -0.1) is 0 Å². The summed E-state index contributed by atoms with van der Waals surface area (Å²) in [4.78, 5) is 74.6. The van der Waals surface area contributed by atoms with Crippen LogP contribution in [0.4, 0.5) is 0 Å². The van der Waals surface area contributed by atoms with Gasteiger partial charge in [0, 0.05) is 38.6 Å². The Morgan fingerprint density at radius 1 is 1.08 bits per heavy atom. The van der Waals surface area contributed by atoms with Gasteiger partial charge in [-0.2, -0.15) is 0 Å². The van der Waals surface area contributed by atoms with E-state index in [1.165, 1.54) is 18.7 Å². The van der Waals surface area contributed by atoms with E-state index >= 15 is 0 Å². The number of hydrogen-bond donors (Lipinski definition) is 6. The molecule has 5 atom stereocenters. The number of Topliss-reactive ketones (excluding diaryl/α,β-unsaturated/α-hetero) is 2. The van der Waals surface area contributed by atoms with Crippen LogP contribution < -0.4 is 22.1 Å². The molecule has 1 saturated heterocycles. The molecular formula is C25H42N6O8. The molecule has 1 aliphatic heterocycles. The predicted molar refractivity (Wildman–Crippen MR) is 140 cm³/mol. The number of nitrogens with two attached hydrogens (primary N) is 2. The van der Waals surface area contributed by atoms with Crippen molar-refractivity contribution < 1.29 is 38.6 Å². The second kappa shape index (κ2) is 17.2. The molecule has 1 rings (SSSR count). The van der Waals surface area contributed by atoms with E-state index in [1.54, 1.807) is 0 Å². The van der Waals surface area contributed by atoms with Gasteiger partial charge in [0.1, 0.15) is 0 Å². The number of nitrogens with zero attached hydrogens (tertiary/aromatic N) is 1. The highest BCUT2D eigenvalue weighted by molar-refractivity contribution is 5.94. The maximum atomic E-state index is 13.0. The third-order valence-corrected chi connectivity index (χ3v) is 6.57. The Bertz CT molecular complexity index is 896. The summed E-state index contributed by atoms with van der Waals surface area (Å²) < 4.78 is 4.93. The minimum Gasteiger partial charge on any atom is -0.444 e. The molecule has 14 nitrogen and oxygen atoms in total. The zero-order valence-corrected chi connectivity index (χ0v) is 22.6. The third kappa shape index (κ3) is 11.9. The van der Waals surface area contributed by atoms with Gasteiger partial charge in [0.15, 0.2) is 17.8 Å². The number of amides is 3. The summed E-state index contributed by atoms with van der Waals surface area (Å²) in [6, 6.07) is -1.82. The zero-order valence-electron chi connectivity index (χ0n) is 22.6. The Balaban J connectivity index is 2.64. The molecule has 0 aliphatic carbocycles.